The highest BCUT2D eigenvalue weighted by atomic mass is 16.6. The minimum Gasteiger partial charge on any atom is -0.490 e. The maximum absolute atomic E-state index is 12.8. The molecular formula is C38H52N2O4. The van der Waals surface area contributed by atoms with Gasteiger partial charge in [0.15, 0.2) is 0 Å². The van der Waals surface area contributed by atoms with Crippen LogP contribution in [0.5, 0.6) is 11.5 Å². The molecular weight excluding hydrogens is 548 g/mol. The average molecular weight is 601 g/mol. The van der Waals surface area contributed by atoms with E-state index in [-0.39, 0.29) is 11.4 Å². The topological polar surface area (TPSA) is 68.8 Å². The van der Waals surface area contributed by atoms with Crippen LogP contribution in [-0.4, -0.2) is 37.9 Å². The second kappa shape index (κ2) is 16.1. The third kappa shape index (κ3) is 11.3. The van der Waals surface area contributed by atoms with Gasteiger partial charge in [-0.3, -0.25) is 0 Å². The highest BCUT2D eigenvalue weighted by Gasteiger charge is 2.23. The van der Waals surface area contributed by atoms with Crippen LogP contribution in [0.4, 0.5) is 0 Å². The molecule has 0 saturated heterocycles. The van der Waals surface area contributed by atoms with Gasteiger partial charge in [-0.25, -0.2) is 4.79 Å². The zero-order valence-electron chi connectivity index (χ0n) is 27.4. The van der Waals surface area contributed by atoms with Crippen molar-refractivity contribution >= 4 is 5.97 Å². The molecule has 0 amide bonds. The SMILES string of the molecule is CC(C)(CNCc1ccc(OCCOc2ccc(C(C)(C)C)cc2)cc1)OC(=O)c1ccc(CNCC2CCCCC2)cc1. The number of hydrogen-bond donors (Lipinski definition) is 2. The Bertz CT molecular complexity index is 1270. The van der Waals surface area contributed by atoms with Crippen LogP contribution in [0.25, 0.3) is 0 Å². The quantitative estimate of drug-likeness (QED) is 0.137. The van der Waals surface area contributed by atoms with Crippen LogP contribution in [-0.2, 0) is 23.2 Å². The van der Waals surface area contributed by atoms with E-state index in [4.69, 9.17) is 14.2 Å². The summed E-state index contributed by atoms with van der Waals surface area (Å²) in [6.07, 6.45) is 6.80. The summed E-state index contributed by atoms with van der Waals surface area (Å²) < 4.78 is 17.5. The molecule has 1 aliphatic rings. The lowest BCUT2D eigenvalue weighted by Gasteiger charge is -2.25. The number of carbonyl (C=O) groups is 1. The predicted octanol–water partition coefficient (Wildman–Crippen LogP) is 7.84. The molecule has 0 bridgehead atoms. The van der Waals surface area contributed by atoms with Crippen LogP contribution < -0.4 is 20.1 Å². The Morgan fingerprint density at radius 1 is 0.705 bits per heavy atom. The van der Waals surface area contributed by atoms with Gasteiger partial charge in [-0.1, -0.05) is 76.4 Å². The van der Waals surface area contributed by atoms with E-state index in [1.165, 1.54) is 43.2 Å². The summed E-state index contributed by atoms with van der Waals surface area (Å²) in [6.45, 7) is 14.5. The van der Waals surface area contributed by atoms with E-state index in [1.807, 2.05) is 74.5 Å². The second-order valence-electron chi connectivity index (χ2n) is 13.7. The minimum absolute atomic E-state index is 0.130. The molecule has 1 saturated carbocycles. The Morgan fingerprint density at radius 3 is 1.80 bits per heavy atom. The van der Waals surface area contributed by atoms with Crippen molar-refractivity contribution in [3.63, 3.8) is 0 Å². The molecule has 1 fully saturated rings. The lowest BCUT2D eigenvalue weighted by Crippen LogP contribution is -2.39. The van der Waals surface area contributed by atoms with Crippen molar-refractivity contribution in [1.82, 2.24) is 10.6 Å². The van der Waals surface area contributed by atoms with Gasteiger partial charge in [0.1, 0.15) is 30.3 Å². The smallest absolute Gasteiger partial charge is 0.338 e. The third-order valence-corrected chi connectivity index (χ3v) is 8.19. The number of ether oxygens (including phenoxy) is 3. The second-order valence-corrected chi connectivity index (χ2v) is 13.7. The predicted molar refractivity (Wildman–Crippen MR) is 178 cm³/mol. The number of carbonyl (C=O) groups excluding carboxylic acids is 1. The van der Waals surface area contributed by atoms with E-state index >= 15 is 0 Å². The first-order valence-electron chi connectivity index (χ1n) is 16.3. The molecule has 3 aromatic carbocycles. The maximum atomic E-state index is 12.8. The van der Waals surface area contributed by atoms with Crippen molar-refractivity contribution in [3.05, 3.63) is 95.1 Å². The van der Waals surface area contributed by atoms with E-state index in [1.54, 1.807) is 0 Å². The number of esters is 1. The number of nitrogens with one attached hydrogen (secondary N) is 2. The van der Waals surface area contributed by atoms with E-state index < -0.39 is 5.60 Å². The number of rotatable bonds is 15. The van der Waals surface area contributed by atoms with Crippen molar-refractivity contribution in [3.8, 4) is 11.5 Å². The average Bonchev–Trinajstić information content (AvgIpc) is 3.00. The fraction of sp³-hybridized carbons (Fsp3) is 0.500. The van der Waals surface area contributed by atoms with Crippen molar-refractivity contribution in [1.29, 1.82) is 0 Å². The Kier molecular flexibility index (Phi) is 12.3. The fourth-order valence-corrected chi connectivity index (χ4v) is 5.50. The fourth-order valence-electron chi connectivity index (χ4n) is 5.50. The van der Waals surface area contributed by atoms with Crippen molar-refractivity contribution in [2.45, 2.75) is 90.8 Å². The van der Waals surface area contributed by atoms with Gasteiger partial charge in [0.05, 0.1) is 5.56 Å². The number of hydrogen-bond acceptors (Lipinski definition) is 6. The van der Waals surface area contributed by atoms with E-state index in [0.29, 0.717) is 31.9 Å². The van der Waals surface area contributed by atoms with Gasteiger partial charge in [-0.05, 0) is 97.7 Å². The zero-order valence-corrected chi connectivity index (χ0v) is 27.4. The van der Waals surface area contributed by atoms with Crippen molar-refractivity contribution in [2.24, 2.45) is 5.92 Å². The molecule has 6 nitrogen and oxygen atoms in total. The largest absolute Gasteiger partial charge is 0.490 e. The molecule has 44 heavy (non-hydrogen) atoms. The van der Waals surface area contributed by atoms with Crippen LogP contribution in [0.3, 0.4) is 0 Å². The van der Waals surface area contributed by atoms with Crippen molar-refractivity contribution < 1.29 is 19.0 Å². The summed E-state index contributed by atoms with van der Waals surface area (Å²) in [5.41, 5.74) is 3.66. The molecule has 0 spiro atoms. The first-order chi connectivity index (χ1) is 21.1. The first-order valence-corrected chi connectivity index (χ1v) is 16.3. The Morgan fingerprint density at radius 2 is 1.23 bits per heavy atom. The first kappa shape index (κ1) is 33.5. The minimum atomic E-state index is -0.645. The molecule has 4 rings (SSSR count). The summed E-state index contributed by atoms with van der Waals surface area (Å²) in [7, 11) is 0. The van der Waals surface area contributed by atoms with Gasteiger partial charge in [0, 0.05) is 19.6 Å². The van der Waals surface area contributed by atoms with Crippen LogP contribution in [0.15, 0.2) is 72.8 Å². The molecule has 3 aromatic rings. The number of benzene rings is 3. The molecule has 0 aliphatic heterocycles. The van der Waals surface area contributed by atoms with Gasteiger partial charge in [0.2, 0.25) is 0 Å². The lowest BCUT2D eigenvalue weighted by atomic mass is 9.87. The standard InChI is InChI=1S/C38H52N2O4/c1-37(2,3)33-17-21-35(22-18-33)43-24-23-42-34-19-13-31(14-20-34)27-40-28-38(4,5)44-36(41)32-15-11-30(12-16-32)26-39-25-29-9-7-6-8-10-29/h11-22,29,39-40H,6-10,23-28H2,1-5H3. The molecule has 0 heterocycles. The van der Waals surface area contributed by atoms with Gasteiger partial charge in [-0.15, -0.1) is 0 Å². The molecule has 0 aromatic heterocycles. The summed E-state index contributed by atoms with van der Waals surface area (Å²) >= 11 is 0. The molecule has 0 unspecified atom stereocenters. The summed E-state index contributed by atoms with van der Waals surface area (Å²) in [6, 6.07) is 24.0. The molecule has 0 radical (unpaired) electrons. The normalized spacial score (nSPS) is 14.3. The molecule has 6 heteroatoms. The Balaban J connectivity index is 1.11. The van der Waals surface area contributed by atoms with Crippen LogP contribution >= 0.6 is 0 Å². The van der Waals surface area contributed by atoms with Crippen LogP contribution in [0.2, 0.25) is 0 Å². The van der Waals surface area contributed by atoms with Gasteiger partial charge < -0.3 is 24.8 Å². The summed E-state index contributed by atoms with van der Waals surface area (Å²) in [5.74, 6) is 2.16. The molecule has 0 atom stereocenters. The van der Waals surface area contributed by atoms with Gasteiger partial charge in [-0.2, -0.15) is 0 Å². The van der Waals surface area contributed by atoms with E-state index in [9.17, 15) is 4.79 Å². The van der Waals surface area contributed by atoms with Gasteiger partial charge >= 0.3 is 5.97 Å². The lowest BCUT2D eigenvalue weighted by molar-refractivity contribution is -0.000572. The summed E-state index contributed by atoms with van der Waals surface area (Å²) in [5, 5.41) is 7.00. The highest BCUT2D eigenvalue weighted by molar-refractivity contribution is 5.89. The zero-order chi connectivity index (χ0) is 31.4. The maximum Gasteiger partial charge on any atom is 0.338 e. The van der Waals surface area contributed by atoms with Crippen molar-refractivity contribution in [2.75, 3.05) is 26.3 Å². The van der Waals surface area contributed by atoms with E-state index in [2.05, 4.69) is 43.5 Å². The third-order valence-electron chi connectivity index (χ3n) is 8.19. The van der Waals surface area contributed by atoms with E-state index in [0.717, 1.165) is 36.1 Å². The Hall–Kier alpha value is -3.35. The molecule has 2 N–H and O–H groups in total. The van der Waals surface area contributed by atoms with Crippen LogP contribution in [0.1, 0.15) is 93.8 Å². The van der Waals surface area contributed by atoms with Gasteiger partial charge in [0.25, 0.3) is 0 Å². The molecule has 1 aliphatic carbocycles. The monoisotopic (exact) mass is 600 g/mol. The Labute approximate surface area is 264 Å². The molecule has 238 valence electrons. The highest BCUT2D eigenvalue weighted by Crippen LogP contribution is 2.25. The summed E-state index contributed by atoms with van der Waals surface area (Å²) in [4.78, 5) is 12.8. The van der Waals surface area contributed by atoms with Crippen LogP contribution in [0, 0.1) is 5.92 Å².